The van der Waals surface area contributed by atoms with Crippen molar-refractivity contribution in [2.45, 2.75) is 63.5 Å². The molecule has 1 saturated heterocycles. The van der Waals surface area contributed by atoms with Crippen LogP contribution in [-0.4, -0.2) is 45.8 Å². The molecule has 1 aromatic heterocycles. The van der Waals surface area contributed by atoms with E-state index < -0.39 is 0 Å². The van der Waals surface area contributed by atoms with E-state index in [0.717, 1.165) is 13.1 Å². The number of hydrogen-bond donors (Lipinski definition) is 1. The highest BCUT2D eigenvalue weighted by molar-refractivity contribution is 5.81. The molecule has 6 heteroatoms. The normalized spacial score (nSPS) is 20.1. The second-order valence-electron chi connectivity index (χ2n) is 8.29. The van der Waals surface area contributed by atoms with Gasteiger partial charge in [0.05, 0.1) is 11.7 Å². The van der Waals surface area contributed by atoms with Crippen molar-refractivity contribution in [1.82, 2.24) is 20.0 Å². The number of rotatable bonds is 5. The molecule has 2 aliphatic rings. The van der Waals surface area contributed by atoms with Gasteiger partial charge in [0, 0.05) is 17.5 Å². The quantitative estimate of drug-likeness (QED) is 0.863. The van der Waals surface area contributed by atoms with E-state index >= 15 is 0 Å². The minimum Gasteiger partial charge on any atom is -0.353 e. The van der Waals surface area contributed by atoms with Crippen molar-refractivity contribution in [1.29, 1.82) is 0 Å². The second kappa shape index (κ2) is 8.43. The van der Waals surface area contributed by atoms with Crippen molar-refractivity contribution in [3.63, 3.8) is 0 Å². The lowest BCUT2D eigenvalue weighted by Crippen LogP contribution is -2.58. The van der Waals surface area contributed by atoms with Crippen molar-refractivity contribution in [2.75, 3.05) is 19.6 Å². The van der Waals surface area contributed by atoms with Crippen LogP contribution in [0.1, 0.15) is 51.4 Å². The number of para-hydroxylation sites is 1. The molecule has 1 aromatic carbocycles. The Morgan fingerprint density at radius 1 is 1.04 bits per heavy atom. The molecule has 0 atom stereocenters. The first-order valence-electron chi connectivity index (χ1n) is 10.6. The molecule has 0 radical (unpaired) electrons. The van der Waals surface area contributed by atoms with Crippen LogP contribution in [0, 0.1) is 0 Å². The monoisotopic (exact) mass is 382 g/mol. The minimum atomic E-state index is -0.112. The molecule has 1 aliphatic heterocycles. The molecule has 4 rings (SSSR count). The Balaban J connectivity index is 1.46. The predicted molar refractivity (Wildman–Crippen MR) is 110 cm³/mol. The van der Waals surface area contributed by atoms with Gasteiger partial charge in [-0.1, -0.05) is 37.8 Å². The highest BCUT2D eigenvalue weighted by Crippen LogP contribution is 2.35. The summed E-state index contributed by atoms with van der Waals surface area (Å²) in [6.45, 7) is 3.16. The fourth-order valence-electron chi connectivity index (χ4n) is 4.92. The van der Waals surface area contributed by atoms with Gasteiger partial charge in [0.2, 0.25) is 11.3 Å². The summed E-state index contributed by atoms with van der Waals surface area (Å²) in [6.07, 6.45) is 11.3. The number of nitrogens with one attached hydrogen (secondary N) is 1. The third-order valence-corrected chi connectivity index (χ3v) is 6.48. The molecule has 150 valence electrons. The molecule has 1 N–H and O–H groups in total. The molecule has 2 aromatic rings. The standard InChI is InChI=1S/C22H30N4O2/c27-20-15-24-26(19-10-4-3-9-18(19)20)16-21(28)23-17-22(11-5-1-6-12-22)25-13-7-2-8-14-25/h3-4,9-10,15H,1-2,5-8,11-14,16-17H2,(H,23,28). The van der Waals surface area contributed by atoms with Gasteiger partial charge in [-0.05, 0) is 50.9 Å². The molecular formula is C22H30N4O2. The topological polar surface area (TPSA) is 67.2 Å². The number of likely N-dealkylation sites (tertiary alicyclic amines) is 1. The van der Waals surface area contributed by atoms with E-state index in [4.69, 9.17) is 0 Å². The minimum absolute atomic E-state index is 0.0386. The summed E-state index contributed by atoms with van der Waals surface area (Å²) in [4.78, 5) is 27.4. The van der Waals surface area contributed by atoms with Gasteiger partial charge in [-0.15, -0.1) is 0 Å². The summed E-state index contributed by atoms with van der Waals surface area (Å²) in [5.74, 6) is -0.0386. The van der Waals surface area contributed by atoms with Crippen molar-refractivity contribution in [3.05, 3.63) is 40.7 Å². The van der Waals surface area contributed by atoms with E-state index in [1.807, 2.05) is 18.2 Å². The molecular weight excluding hydrogens is 352 g/mol. The largest absolute Gasteiger partial charge is 0.353 e. The molecule has 0 bridgehead atoms. The van der Waals surface area contributed by atoms with E-state index in [0.29, 0.717) is 17.4 Å². The van der Waals surface area contributed by atoms with E-state index in [1.165, 1.54) is 57.6 Å². The third-order valence-electron chi connectivity index (χ3n) is 6.48. The average molecular weight is 383 g/mol. The van der Waals surface area contributed by atoms with Gasteiger partial charge in [-0.3, -0.25) is 19.2 Å². The van der Waals surface area contributed by atoms with Gasteiger partial charge in [0.1, 0.15) is 6.54 Å². The molecule has 2 heterocycles. The van der Waals surface area contributed by atoms with Gasteiger partial charge >= 0.3 is 0 Å². The van der Waals surface area contributed by atoms with Gasteiger partial charge in [0.25, 0.3) is 0 Å². The van der Waals surface area contributed by atoms with E-state index in [9.17, 15) is 9.59 Å². The zero-order chi connectivity index (χ0) is 19.4. The van der Waals surface area contributed by atoms with Crippen LogP contribution in [0.25, 0.3) is 10.9 Å². The Morgan fingerprint density at radius 2 is 1.75 bits per heavy atom. The number of benzene rings is 1. The van der Waals surface area contributed by atoms with Crippen molar-refractivity contribution >= 4 is 16.8 Å². The number of carbonyl (C=O) groups excluding carboxylic acids is 1. The highest BCUT2D eigenvalue weighted by atomic mass is 16.2. The third kappa shape index (κ3) is 3.97. The summed E-state index contributed by atoms with van der Waals surface area (Å²) in [5, 5.41) is 7.98. The van der Waals surface area contributed by atoms with Crippen LogP contribution in [0.5, 0.6) is 0 Å². The summed E-state index contributed by atoms with van der Waals surface area (Å²) in [7, 11) is 0. The van der Waals surface area contributed by atoms with E-state index in [2.05, 4.69) is 15.3 Å². The lowest BCUT2D eigenvalue weighted by atomic mass is 9.79. The maximum absolute atomic E-state index is 12.7. The van der Waals surface area contributed by atoms with E-state index in [1.54, 1.807) is 10.7 Å². The number of carbonyl (C=O) groups is 1. The van der Waals surface area contributed by atoms with Crippen molar-refractivity contribution < 1.29 is 4.79 Å². The smallest absolute Gasteiger partial charge is 0.241 e. The van der Waals surface area contributed by atoms with Crippen molar-refractivity contribution in [2.24, 2.45) is 0 Å². The number of nitrogens with zero attached hydrogens (tertiary/aromatic N) is 3. The zero-order valence-corrected chi connectivity index (χ0v) is 16.5. The first kappa shape index (κ1) is 19.1. The summed E-state index contributed by atoms with van der Waals surface area (Å²) in [5.41, 5.74) is 0.708. The lowest BCUT2D eigenvalue weighted by Gasteiger charge is -2.48. The Labute approximate surface area is 165 Å². The molecule has 0 spiro atoms. The Hall–Kier alpha value is -2.21. The van der Waals surface area contributed by atoms with Gasteiger partial charge in [-0.2, -0.15) is 5.10 Å². The van der Waals surface area contributed by atoms with Gasteiger partial charge < -0.3 is 5.32 Å². The van der Waals surface area contributed by atoms with Crippen LogP contribution < -0.4 is 10.7 Å². The summed E-state index contributed by atoms with van der Waals surface area (Å²) in [6, 6.07) is 7.32. The number of piperidine rings is 1. The van der Waals surface area contributed by atoms with Crippen LogP contribution in [-0.2, 0) is 11.3 Å². The number of hydrogen-bond acceptors (Lipinski definition) is 4. The molecule has 1 aliphatic carbocycles. The average Bonchev–Trinajstić information content (AvgIpc) is 2.76. The van der Waals surface area contributed by atoms with Gasteiger partial charge in [0.15, 0.2) is 0 Å². The fourth-order valence-corrected chi connectivity index (χ4v) is 4.92. The maximum atomic E-state index is 12.7. The van der Waals surface area contributed by atoms with Crippen molar-refractivity contribution in [3.8, 4) is 0 Å². The highest BCUT2D eigenvalue weighted by Gasteiger charge is 2.38. The lowest BCUT2D eigenvalue weighted by molar-refractivity contribution is -0.122. The zero-order valence-electron chi connectivity index (χ0n) is 16.5. The number of amides is 1. The van der Waals surface area contributed by atoms with Crippen LogP contribution >= 0.6 is 0 Å². The molecule has 2 fully saturated rings. The predicted octanol–water partition coefficient (Wildman–Crippen LogP) is 2.70. The fraction of sp³-hybridized carbons (Fsp3) is 0.591. The van der Waals surface area contributed by atoms with E-state index in [-0.39, 0.29) is 23.4 Å². The Bertz CT molecular complexity index is 879. The maximum Gasteiger partial charge on any atom is 0.241 e. The van der Waals surface area contributed by atoms with Gasteiger partial charge in [-0.25, -0.2) is 0 Å². The summed E-state index contributed by atoms with van der Waals surface area (Å²) >= 11 is 0. The second-order valence-corrected chi connectivity index (χ2v) is 8.29. The SMILES string of the molecule is O=C(Cn1ncc(=O)c2ccccc21)NCC1(N2CCCCC2)CCCCC1. The summed E-state index contributed by atoms with van der Waals surface area (Å²) < 4.78 is 1.63. The first-order valence-corrected chi connectivity index (χ1v) is 10.6. The molecule has 28 heavy (non-hydrogen) atoms. The molecule has 1 amide bonds. The number of aromatic nitrogens is 2. The van der Waals surface area contributed by atoms with Crippen LogP contribution in [0.2, 0.25) is 0 Å². The van der Waals surface area contributed by atoms with Crippen LogP contribution in [0.15, 0.2) is 35.3 Å². The molecule has 1 saturated carbocycles. The number of fused-ring (bicyclic) bond motifs is 1. The molecule has 0 unspecified atom stereocenters. The van der Waals surface area contributed by atoms with Crippen LogP contribution in [0.3, 0.4) is 0 Å². The Kier molecular flexibility index (Phi) is 5.76. The van der Waals surface area contributed by atoms with Crippen LogP contribution in [0.4, 0.5) is 0 Å². The Morgan fingerprint density at radius 3 is 2.54 bits per heavy atom. The molecule has 6 nitrogen and oxygen atoms in total. The first-order chi connectivity index (χ1) is 13.7.